The summed E-state index contributed by atoms with van der Waals surface area (Å²) in [6.45, 7) is 12.7. The van der Waals surface area contributed by atoms with Crippen LogP contribution in [0.1, 0.15) is 32.3 Å². The molecule has 3 heterocycles. The molecule has 0 spiro atoms. The fraction of sp³-hybridized carbons (Fsp3) is 0.500. The van der Waals surface area contributed by atoms with E-state index in [2.05, 4.69) is 51.7 Å². The molecule has 0 aliphatic carbocycles. The fourth-order valence-corrected chi connectivity index (χ4v) is 3.71. The Balaban J connectivity index is 1.29. The minimum absolute atomic E-state index is 0.0264. The summed E-state index contributed by atoms with van der Waals surface area (Å²) in [5.41, 5.74) is 2.99. The van der Waals surface area contributed by atoms with Crippen molar-refractivity contribution >= 4 is 11.0 Å². The van der Waals surface area contributed by atoms with Crippen LogP contribution >= 0.6 is 0 Å². The van der Waals surface area contributed by atoms with Gasteiger partial charge in [-0.05, 0) is 18.2 Å². The van der Waals surface area contributed by atoms with Crippen LogP contribution in [0.5, 0.6) is 0 Å². The third-order valence-electron chi connectivity index (χ3n) is 5.54. The van der Waals surface area contributed by atoms with Gasteiger partial charge in [-0.3, -0.25) is 14.6 Å². The average Bonchev–Trinajstić information content (AvgIpc) is 3.10. The minimum atomic E-state index is -0.0578. The largest absolute Gasteiger partial charge is 0.341 e. The van der Waals surface area contributed by atoms with Gasteiger partial charge in [0.05, 0.1) is 29.8 Å². The molecule has 0 bridgehead atoms. The van der Waals surface area contributed by atoms with E-state index in [0.29, 0.717) is 6.54 Å². The number of fused-ring (bicyclic) bond motifs is 1. The first-order valence-electron chi connectivity index (χ1n) is 10.4. The number of benzene rings is 1. The lowest BCUT2D eigenvalue weighted by molar-refractivity contribution is 0.121. The molecular weight excluding hydrogens is 364 g/mol. The highest BCUT2D eigenvalue weighted by atomic mass is 16.1. The molecule has 3 aromatic rings. The van der Waals surface area contributed by atoms with Crippen molar-refractivity contribution in [2.75, 3.05) is 32.7 Å². The van der Waals surface area contributed by atoms with Gasteiger partial charge in [0.25, 0.3) is 5.56 Å². The molecular formula is C22H30N6O. The summed E-state index contributed by atoms with van der Waals surface area (Å²) in [5.74, 6) is 1.02. The Hall–Kier alpha value is -2.51. The number of hydrogen-bond acceptors (Lipinski definition) is 5. The predicted octanol–water partition coefficient (Wildman–Crippen LogP) is 2.23. The number of nitrogens with one attached hydrogen (secondary N) is 1. The van der Waals surface area contributed by atoms with Crippen LogP contribution in [0.15, 0.2) is 41.2 Å². The Kier molecular flexibility index (Phi) is 5.52. The van der Waals surface area contributed by atoms with E-state index in [4.69, 9.17) is 0 Å². The van der Waals surface area contributed by atoms with Crippen molar-refractivity contribution in [1.82, 2.24) is 29.5 Å². The molecule has 1 fully saturated rings. The van der Waals surface area contributed by atoms with E-state index >= 15 is 0 Å². The zero-order valence-electron chi connectivity index (χ0n) is 17.6. The SMILES string of the molecule is CC(C)(C)c1ccc(=O)n(CCN2CCN(Cc3nc4ccccc4[nH]3)CC2)n1. The second kappa shape index (κ2) is 8.08. The van der Waals surface area contributed by atoms with E-state index < -0.39 is 0 Å². The van der Waals surface area contributed by atoms with Crippen molar-refractivity contribution in [3.05, 3.63) is 58.3 Å². The van der Waals surface area contributed by atoms with Gasteiger partial charge in [0, 0.05) is 44.2 Å². The van der Waals surface area contributed by atoms with Crippen molar-refractivity contribution in [3.8, 4) is 0 Å². The Morgan fingerprint density at radius 2 is 1.69 bits per heavy atom. The second-order valence-corrected chi connectivity index (χ2v) is 8.85. The first kappa shape index (κ1) is 19.8. The van der Waals surface area contributed by atoms with Crippen LogP contribution in [0, 0.1) is 0 Å². The Morgan fingerprint density at radius 3 is 2.41 bits per heavy atom. The Bertz CT molecular complexity index is 990. The van der Waals surface area contributed by atoms with E-state index in [9.17, 15) is 4.79 Å². The molecule has 1 aromatic carbocycles. The third-order valence-corrected chi connectivity index (χ3v) is 5.54. The van der Waals surface area contributed by atoms with E-state index in [1.54, 1.807) is 10.7 Å². The molecule has 2 aromatic heterocycles. The minimum Gasteiger partial charge on any atom is -0.341 e. The summed E-state index contributed by atoms with van der Waals surface area (Å²) >= 11 is 0. The van der Waals surface area contributed by atoms with Gasteiger partial charge in [-0.15, -0.1) is 0 Å². The maximum absolute atomic E-state index is 12.2. The van der Waals surface area contributed by atoms with E-state index in [1.165, 1.54) is 0 Å². The maximum atomic E-state index is 12.2. The molecule has 1 aliphatic rings. The van der Waals surface area contributed by atoms with Gasteiger partial charge >= 0.3 is 0 Å². The molecule has 0 atom stereocenters. The maximum Gasteiger partial charge on any atom is 0.266 e. The normalized spacial score (nSPS) is 16.5. The first-order chi connectivity index (χ1) is 13.9. The number of para-hydroxylation sites is 2. The highest BCUT2D eigenvalue weighted by Gasteiger charge is 2.19. The number of aromatic amines is 1. The quantitative estimate of drug-likeness (QED) is 0.719. The summed E-state index contributed by atoms with van der Waals surface area (Å²) in [6.07, 6.45) is 0. The van der Waals surface area contributed by atoms with Crippen molar-refractivity contribution in [2.45, 2.75) is 39.3 Å². The highest BCUT2D eigenvalue weighted by Crippen LogP contribution is 2.18. The Labute approximate surface area is 171 Å². The van der Waals surface area contributed by atoms with E-state index in [-0.39, 0.29) is 11.0 Å². The van der Waals surface area contributed by atoms with Crippen LogP contribution in [-0.4, -0.2) is 62.3 Å². The van der Waals surface area contributed by atoms with E-state index in [1.807, 2.05) is 24.3 Å². The predicted molar refractivity (Wildman–Crippen MR) is 115 cm³/mol. The summed E-state index contributed by atoms with van der Waals surface area (Å²) in [6, 6.07) is 11.6. The molecule has 7 heteroatoms. The summed E-state index contributed by atoms with van der Waals surface area (Å²) < 4.78 is 1.61. The number of rotatable bonds is 5. The first-order valence-corrected chi connectivity index (χ1v) is 10.4. The average molecular weight is 395 g/mol. The monoisotopic (exact) mass is 394 g/mol. The smallest absolute Gasteiger partial charge is 0.266 e. The zero-order valence-corrected chi connectivity index (χ0v) is 17.6. The molecule has 0 amide bonds. The van der Waals surface area contributed by atoms with Crippen LogP contribution in [0.25, 0.3) is 11.0 Å². The number of piperazine rings is 1. The van der Waals surface area contributed by atoms with Crippen LogP contribution in [0.2, 0.25) is 0 Å². The zero-order chi connectivity index (χ0) is 20.4. The number of hydrogen-bond donors (Lipinski definition) is 1. The van der Waals surface area contributed by atoms with Gasteiger partial charge in [-0.2, -0.15) is 5.10 Å². The molecule has 0 radical (unpaired) electrons. The molecule has 0 unspecified atom stereocenters. The molecule has 1 saturated heterocycles. The summed E-state index contributed by atoms with van der Waals surface area (Å²) in [5, 5.41) is 4.57. The van der Waals surface area contributed by atoms with Crippen molar-refractivity contribution < 1.29 is 0 Å². The van der Waals surface area contributed by atoms with Gasteiger partial charge in [-0.1, -0.05) is 32.9 Å². The van der Waals surface area contributed by atoms with Gasteiger partial charge in [0.15, 0.2) is 0 Å². The van der Waals surface area contributed by atoms with Gasteiger partial charge in [-0.25, -0.2) is 9.67 Å². The van der Waals surface area contributed by atoms with Crippen LogP contribution in [0.3, 0.4) is 0 Å². The molecule has 7 nitrogen and oxygen atoms in total. The molecule has 1 N–H and O–H groups in total. The van der Waals surface area contributed by atoms with Gasteiger partial charge < -0.3 is 4.98 Å². The standard InChI is InChI=1S/C22H30N6O/c1-22(2,3)19-8-9-21(29)28(25-19)15-14-26-10-12-27(13-11-26)16-20-23-17-6-4-5-7-18(17)24-20/h4-9H,10-16H2,1-3H3,(H,23,24). The van der Waals surface area contributed by atoms with E-state index in [0.717, 1.165) is 61.8 Å². The molecule has 29 heavy (non-hydrogen) atoms. The third kappa shape index (κ3) is 4.74. The van der Waals surface area contributed by atoms with Crippen molar-refractivity contribution in [1.29, 1.82) is 0 Å². The number of imidazole rings is 1. The number of nitrogens with zero attached hydrogens (tertiary/aromatic N) is 5. The van der Waals surface area contributed by atoms with Crippen molar-refractivity contribution in [2.24, 2.45) is 0 Å². The summed E-state index contributed by atoms with van der Waals surface area (Å²) in [4.78, 5) is 25.1. The Morgan fingerprint density at radius 1 is 0.966 bits per heavy atom. The molecule has 154 valence electrons. The fourth-order valence-electron chi connectivity index (χ4n) is 3.71. The van der Waals surface area contributed by atoms with Crippen molar-refractivity contribution in [3.63, 3.8) is 0 Å². The molecule has 0 saturated carbocycles. The number of H-pyrrole nitrogens is 1. The molecule has 1 aliphatic heterocycles. The lowest BCUT2D eigenvalue weighted by atomic mass is 9.92. The number of aromatic nitrogens is 4. The van der Waals surface area contributed by atoms with Crippen LogP contribution < -0.4 is 5.56 Å². The molecule has 4 rings (SSSR count). The summed E-state index contributed by atoms with van der Waals surface area (Å²) in [7, 11) is 0. The van der Waals surface area contributed by atoms with Gasteiger partial charge in [0.1, 0.15) is 5.82 Å². The topological polar surface area (TPSA) is 70.1 Å². The van der Waals surface area contributed by atoms with Crippen LogP contribution in [0.4, 0.5) is 0 Å². The lowest BCUT2D eigenvalue weighted by Crippen LogP contribution is -2.47. The lowest BCUT2D eigenvalue weighted by Gasteiger charge is -2.34. The van der Waals surface area contributed by atoms with Crippen LogP contribution in [-0.2, 0) is 18.5 Å². The second-order valence-electron chi connectivity index (χ2n) is 8.85. The van der Waals surface area contributed by atoms with Gasteiger partial charge in [0.2, 0.25) is 0 Å². The highest BCUT2D eigenvalue weighted by molar-refractivity contribution is 5.74.